The molecule has 0 atom stereocenters. The van der Waals surface area contributed by atoms with E-state index in [0.29, 0.717) is 6.61 Å². The first-order valence-electron chi connectivity index (χ1n) is 3.43. The third-order valence-electron chi connectivity index (χ3n) is 1.52. The summed E-state index contributed by atoms with van der Waals surface area (Å²) in [5, 5.41) is 0. The van der Waals surface area contributed by atoms with Crippen LogP contribution in [0.15, 0.2) is 21.7 Å². The quantitative estimate of drug-likeness (QED) is 0.559. The van der Waals surface area contributed by atoms with Crippen molar-refractivity contribution in [1.82, 2.24) is 9.55 Å². The van der Waals surface area contributed by atoms with E-state index in [1.165, 1.54) is 10.6 Å². The average molecular weight is 166 g/mol. The van der Waals surface area contributed by atoms with E-state index in [0.717, 1.165) is 0 Å². The van der Waals surface area contributed by atoms with Crippen LogP contribution in [-0.2, 0) is 0 Å². The highest BCUT2D eigenvalue weighted by atomic mass is 16.5. The number of nitrogens with zero attached hydrogens (tertiary/aromatic N) is 1. The lowest BCUT2D eigenvalue weighted by Gasteiger charge is -2.11. The number of ether oxygens (including phenoxy) is 1. The minimum absolute atomic E-state index is 0.284. The molecular weight excluding hydrogens is 160 g/mol. The number of hydrogen-bond donors (Lipinski definition) is 1. The summed E-state index contributed by atoms with van der Waals surface area (Å²) >= 11 is 0. The molecule has 12 heavy (non-hydrogen) atoms. The molecule has 1 aliphatic rings. The first-order chi connectivity index (χ1) is 5.77. The molecule has 5 nitrogen and oxygen atoms in total. The average Bonchev–Trinajstić information content (AvgIpc) is 2.04. The van der Waals surface area contributed by atoms with E-state index in [4.69, 9.17) is 4.74 Å². The van der Waals surface area contributed by atoms with Crippen LogP contribution in [0.5, 0.6) is 5.88 Å². The SMILES string of the molecule is O=c1cc2n(c(=O)[nH]1)C=CCO2. The Kier molecular flexibility index (Phi) is 1.36. The third-order valence-corrected chi connectivity index (χ3v) is 1.52. The van der Waals surface area contributed by atoms with Crippen LogP contribution < -0.4 is 16.0 Å². The molecule has 5 heteroatoms. The van der Waals surface area contributed by atoms with Crippen molar-refractivity contribution in [2.45, 2.75) is 0 Å². The zero-order valence-electron chi connectivity index (χ0n) is 6.11. The molecule has 0 saturated carbocycles. The second-order valence-corrected chi connectivity index (χ2v) is 2.34. The van der Waals surface area contributed by atoms with Crippen LogP contribution >= 0.6 is 0 Å². The fourth-order valence-electron chi connectivity index (χ4n) is 1.02. The van der Waals surface area contributed by atoms with E-state index >= 15 is 0 Å². The van der Waals surface area contributed by atoms with Gasteiger partial charge < -0.3 is 4.74 Å². The summed E-state index contributed by atoms with van der Waals surface area (Å²) in [7, 11) is 0. The predicted octanol–water partition coefficient (Wildman–Crippen LogP) is -0.600. The number of aromatic amines is 1. The summed E-state index contributed by atoms with van der Waals surface area (Å²) in [4.78, 5) is 24.0. The van der Waals surface area contributed by atoms with Crippen molar-refractivity contribution in [2.75, 3.05) is 6.61 Å². The number of nitrogens with one attached hydrogen (secondary N) is 1. The molecule has 0 unspecified atom stereocenters. The van der Waals surface area contributed by atoms with Gasteiger partial charge in [-0.05, 0) is 6.08 Å². The number of fused-ring (bicyclic) bond motifs is 1. The summed E-state index contributed by atoms with van der Waals surface area (Å²) in [6, 6.07) is 1.24. The Hall–Kier alpha value is -1.78. The topological polar surface area (TPSA) is 64.1 Å². The summed E-state index contributed by atoms with van der Waals surface area (Å²) in [6.07, 6.45) is 3.25. The molecule has 0 aliphatic carbocycles. The van der Waals surface area contributed by atoms with E-state index in [2.05, 4.69) is 4.98 Å². The van der Waals surface area contributed by atoms with Crippen molar-refractivity contribution in [3.8, 4) is 5.88 Å². The fraction of sp³-hybridized carbons (Fsp3) is 0.143. The van der Waals surface area contributed by atoms with Crippen LogP contribution in [0.25, 0.3) is 6.20 Å². The van der Waals surface area contributed by atoms with Gasteiger partial charge in [-0.15, -0.1) is 0 Å². The van der Waals surface area contributed by atoms with Gasteiger partial charge in [-0.25, -0.2) is 9.36 Å². The van der Waals surface area contributed by atoms with Crippen molar-refractivity contribution in [1.29, 1.82) is 0 Å². The van der Waals surface area contributed by atoms with E-state index in [1.807, 2.05) is 0 Å². The van der Waals surface area contributed by atoms with Crippen LogP contribution in [0.3, 0.4) is 0 Å². The second-order valence-electron chi connectivity index (χ2n) is 2.34. The third kappa shape index (κ3) is 0.952. The minimum Gasteiger partial charge on any atom is -0.474 e. The molecule has 0 aromatic carbocycles. The predicted molar refractivity (Wildman–Crippen MR) is 42.1 cm³/mol. The van der Waals surface area contributed by atoms with E-state index < -0.39 is 11.2 Å². The fourth-order valence-corrected chi connectivity index (χ4v) is 1.02. The molecule has 1 aliphatic heterocycles. The molecule has 0 amide bonds. The molecule has 0 bridgehead atoms. The lowest BCUT2D eigenvalue weighted by molar-refractivity contribution is 0.329. The number of H-pyrrole nitrogens is 1. The van der Waals surface area contributed by atoms with Gasteiger partial charge >= 0.3 is 5.69 Å². The maximum Gasteiger partial charge on any atom is 0.335 e. The van der Waals surface area contributed by atoms with Gasteiger partial charge in [0.05, 0.1) is 6.07 Å². The van der Waals surface area contributed by atoms with Crippen molar-refractivity contribution in [3.05, 3.63) is 33.0 Å². The van der Waals surface area contributed by atoms with Crippen LogP contribution in [0.4, 0.5) is 0 Å². The molecule has 1 aromatic heterocycles. The highest BCUT2D eigenvalue weighted by Crippen LogP contribution is 2.08. The normalized spacial score (nSPS) is 13.7. The van der Waals surface area contributed by atoms with Crippen molar-refractivity contribution in [2.24, 2.45) is 0 Å². The molecule has 2 rings (SSSR count). The summed E-state index contributed by atoms with van der Waals surface area (Å²) in [5.74, 6) is 0.284. The van der Waals surface area contributed by atoms with Gasteiger partial charge in [-0.2, -0.15) is 0 Å². The largest absolute Gasteiger partial charge is 0.474 e. The second kappa shape index (κ2) is 2.37. The van der Waals surface area contributed by atoms with Gasteiger partial charge in [0, 0.05) is 6.20 Å². The molecule has 0 radical (unpaired) electrons. The maximum atomic E-state index is 11.1. The first kappa shape index (κ1) is 6.90. The van der Waals surface area contributed by atoms with E-state index in [-0.39, 0.29) is 5.88 Å². The zero-order chi connectivity index (χ0) is 8.55. The van der Waals surface area contributed by atoms with Gasteiger partial charge in [0.1, 0.15) is 6.61 Å². The Morgan fingerprint density at radius 1 is 1.50 bits per heavy atom. The van der Waals surface area contributed by atoms with Gasteiger partial charge in [0.2, 0.25) is 5.88 Å². The Morgan fingerprint density at radius 2 is 2.33 bits per heavy atom. The lowest BCUT2D eigenvalue weighted by atomic mass is 10.5. The zero-order valence-corrected chi connectivity index (χ0v) is 6.11. The first-order valence-corrected chi connectivity index (χ1v) is 3.43. The standard InChI is InChI=1S/C7H6N2O3/c10-5-4-6-9(7(11)8-5)2-1-3-12-6/h1-2,4H,3H2,(H,8,10,11). The van der Waals surface area contributed by atoms with Crippen LogP contribution in [0.1, 0.15) is 0 Å². The summed E-state index contributed by atoms with van der Waals surface area (Å²) < 4.78 is 6.28. The smallest absolute Gasteiger partial charge is 0.335 e. The van der Waals surface area contributed by atoms with E-state index in [1.54, 1.807) is 12.3 Å². The van der Waals surface area contributed by atoms with Gasteiger partial charge in [0.15, 0.2) is 0 Å². The summed E-state index contributed by atoms with van der Waals surface area (Å²) in [6.45, 7) is 0.392. The number of hydrogen-bond acceptors (Lipinski definition) is 3. The number of aromatic nitrogens is 2. The Morgan fingerprint density at radius 3 is 3.17 bits per heavy atom. The molecular formula is C7H6N2O3. The van der Waals surface area contributed by atoms with Crippen LogP contribution in [0.2, 0.25) is 0 Å². The highest BCUT2D eigenvalue weighted by Gasteiger charge is 2.06. The van der Waals surface area contributed by atoms with Crippen molar-refractivity contribution < 1.29 is 4.74 Å². The molecule has 62 valence electrons. The molecule has 0 spiro atoms. The highest BCUT2D eigenvalue weighted by molar-refractivity contribution is 5.31. The van der Waals surface area contributed by atoms with E-state index in [9.17, 15) is 9.59 Å². The monoisotopic (exact) mass is 166 g/mol. The number of rotatable bonds is 0. The lowest BCUT2D eigenvalue weighted by Crippen LogP contribution is -2.29. The Bertz CT molecular complexity index is 441. The van der Waals surface area contributed by atoms with Gasteiger partial charge in [0.25, 0.3) is 5.56 Å². The molecule has 1 aromatic rings. The Balaban J connectivity index is 2.79. The molecule has 2 heterocycles. The molecule has 0 saturated heterocycles. The van der Waals surface area contributed by atoms with Crippen LogP contribution in [-0.4, -0.2) is 16.2 Å². The van der Waals surface area contributed by atoms with Crippen molar-refractivity contribution >= 4 is 6.20 Å². The van der Waals surface area contributed by atoms with Gasteiger partial charge in [-0.3, -0.25) is 9.78 Å². The maximum absolute atomic E-state index is 11.1. The molecule has 0 fully saturated rings. The van der Waals surface area contributed by atoms with Gasteiger partial charge in [-0.1, -0.05) is 0 Å². The Labute approximate surface area is 66.9 Å². The molecule has 1 N–H and O–H groups in total. The summed E-state index contributed by atoms with van der Waals surface area (Å²) in [5.41, 5.74) is -0.921. The minimum atomic E-state index is -0.478. The van der Waals surface area contributed by atoms with Crippen LogP contribution in [0, 0.1) is 0 Å². The van der Waals surface area contributed by atoms with Crippen molar-refractivity contribution in [3.63, 3.8) is 0 Å².